The van der Waals surface area contributed by atoms with E-state index in [-0.39, 0.29) is 12.1 Å². The molecule has 0 radical (unpaired) electrons. The number of nitrogens with one attached hydrogen (secondary N) is 1. The van der Waals surface area contributed by atoms with E-state index in [0.717, 1.165) is 32.5 Å². The van der Waals surface area contributed by atoms with Gasteiger partial charge in [-0.3, -0.25) is 0 Å². The van der Waals surface area contributed by atoms with Crippen LogP contribution in [0.1, 0.15) is 46.5 Å². The maximum atomic E-state index is 9.92. The smallest absolute Gasteiger partial charge is 0.0693 e. The number of aliphatic hydroxyl groups is 1. The molecule has 0 amide bonds. The Labute approximate surface area is 99.6 Å². The van der Waals surface area contributed by atoms with Crippen molar-refractivity contribution < 1.29 is 9.84 Å². The molecule has 3 atom stereocenters. The molecule has 0 aromatic carbocycles. The van der Waals surface area contributed by atoms with Gasteiger partial charge < -0.3 is 15.2 Å². The van der Waals surface area contributed by atoms with E-state index in [2.05, 4.69) is 19.2 Å². The summed E-state index contributed by atoms with van der Waals surface area (Å²) in [6.07, 6.45) is 4.26. The third-order valence-electron chi connectivity index (χ3n) is 3.46. The van der Waals surface area contributed by atoms with E-state index in [1.54, 1.807) is 0 Å². The van der Waals surface area contributed by atoms with Crippen LogP contribution in [-0.2, 0) is 4.74 Å². The Morgan fingerprint density at radius 2 is 2.00 bits per heavy atom. The molecule has 3 heteroatoms. The van der Waals surface area contributed by atoms with Crippen molar-refractivity contribution in [3.63, 3.8) is 0 Å². The average molecular weight is 229 g/mol. The molecule has 16 heavy (non-hydrogen) atoms. The van der Waals surface area contributed by atoms with Crippen molar-refractivity contribution in [3.05, 3.63) is 0 Å². The lowest BCUT2D eigenvalue weighted by Crippen LogP contribution is -2.50. The summed E-state index contributed by atoms with van der Waals surface area (Å²) in [5.41, 5.74) is 0. The molecule has 1 aliphatic carbocycles. The second-order valence-electron chi connectivity index (χ2n) is 5.13. The highest BCUT2D eigenvalue weighted by atomic mass is 16.5. The molecular weight excluding hydrogens is 202 g/mol. The molecule has 1 fully saturated rings. The SMILES string of the molecule is CCOCC(NC1CCCCC1O)C(C)C. The fraction of sp³-hybridized carbons (Fsp3) is 1.00. The van der Waals surface area contributed by atoms with Crippen LogP contribution in [0.3, 0.4) is 0 Å². The lowest BCUT2D eigenvalue weighted by molar-refractivity contribution is 0.0570. The minimum Gasteiger partial charge on any atom is -0.392 e. The van der Waals surface area contributed by atoms with Gasteiger partial charge in [0.25, 0.3) is 0 Å². The zero-order valence-electron chi connectivity index (χ0n) is 10.9. The molecule has 0 heterocycles. The van der Waals surface area contributed by atoms with Crippen molar-refractivity contribution in [1.29, 1.82) is 0 Å². The molecule has 96 valence electrons. The van der Waals surface area contributed by atoms with E-state index < -0.39 is 0 Å². The van der Waals surface area contributed by atoms with Crippen LogP contribution < -0.4 is 5.32 Å². The van der Waals surface area contributed by atoms with Gasteiger partial charge in [0.15, 0.2) is 0 Å². The Hall–Kier alpha value is -0.120. The summed E-state index contributed by atoms with van der Waals surface area (Å²) < 4.78 is 5.49. The van der Waals surface area contributed by atoms with Crippen molar-refractivity contribution in [2.24, 2.45) is 5.92 Å². The van der Waals surface area contributed by atoms with Crippen LogP contribution >= 0.6 is 0 Å². The highest BCUT2D eigenvalue weighted by Crippen LogP contribution is 2.19. The van der Waals surface area contributed by atoms with E-state index in [1.807, 2.05) is 6.92 Å². The summed E-state index contributed by atoms with van der Waals surface area (Å²) in [6.45, 7) is 7.93. The Morgan fingerprint density at radius 1 is 1.31 bits per heavy atom. The second kappa shape index (κ2) is 7.25. The Morgan fingerprint density at radius 3 is 2.56 bits per heavy atom. The molecule has 0 aromatic heterocycles. The van der Waals surface area contributed by atoms with Crippen molar-refractivity contribution in [2.45, 2.75) is 64.6 Å². The first-order valence-corrected chi connectivity index (χ1v) is 6.67. The molecule has 0 aliphatic heterocycles. The number of hydrogen-bond acceptors (Lipinski definition) is 3. The maximum absolute atomic E-state index is 9.92. The van der Waals surface area contributed by atoms with Gasteiger partial charge in [-0.25, -0.2) is 0 Å². The van der Waals surface area contributed by atoms with Crippen LogP contribution in [0, 0.1) is 5.92 Å². The van der Waals surface area contributed by atoms with Crippen molar-refractivity contribution in [1.82, 2.24) is 5.32 Å². The molecule has 3 nitrogen and oxygen atoms in total. The number of ether oxygens (including phenoxy) is 1. The fourth-order valence-corrected chi connectivity index (χ4v) is 2.26. The van der Waals surface area contributed by atoms with Gasteiger partial charge in [-0.05, 0) is 25.7 Å². The van der Waals surface area contributed by atoms with Gasteiger partial charge in [0.1, 0.15) is 0 Å². The Balaban J connectivity index is 2.39. The summed E-state index contributed by atoms with van der Waals surface area (Å²) in [4.78, 5) is 0. The van der Waals surface area contributed by atoms with Crippen LogP contribution in [-0.4, -0.2) is 36.5 Å². The number of aliphatic hydroxyl groups excluding tert-OH is 1. The molecule has 1 saturated carbocycles. The zero-order valence-corrected chi connectivity index (χ0v) is 10.9. The molecule has 0 aromatic rings. The normalized spacial score (nSPS) is 28.3. The topological polar surface area (TPSA) is 41.5 Å². The van der Waals surface area contributed by atoms with Gasteiger partial charge in [0.05, 0.1) is 12.7 Å². The van der Waals surface area contributed by atoms with Crippen LogP contribution in [0.25, 0.3) is 0 Å². The van der Waals surface area contributed by atoms with Gasteiger partial charge >= 0.3 is 0 Å². The highest BCUT2D eigenvalue weighted by Gasteiger charge is 2.26. The summed E-state index contributed by atoms with van der Waals surface area (Å²) in [7, 11) is 0. The highest BCUT2D eigenvalue weighted by molar-refractivity contribution is 4.84. The third-order valence-corrected chi connectivity index (χ3v) is 3.46. The summed E-state index contributed by atoms with van der Waals surface area (Å²) >= 11 is 0. The molecule has 1 aliphatic rings. The first-order valence-electron chi connectivity index (χ1n) is 6.67. The predicted molar refractivity (Wildman–Crippen MR) is 66.5 cm³/mol. The van der Waals surface area contributed by atoms with Crippen LogP contribution in [0.2, 0.25) is 0 Å². The standard InChI is InChI=1S/C13H27NO2/c1-4-16-9-12(10(2)3)14-11-7-5-6-8-13(11)15/h10-15H,4-9H2,1-3H3. The van der Waals surface area contributed by atoms with Gasteiger partial charge in [0.2, 0.25) is 0 Å². The maximum Gasteiger partial charge on any atom is 0.0693 e. The minimum atomic E-state index is -0.170. The molecule has 0 bridgehead atoms. The summed E-state index contributed by atoms with van der Waals surface area (Å²) in [5.74, 6) is 0.542. The molecule has 2 N–H and O–H groups in total. The molecule has 0 saturated heterocycles. The molecule has 1 rings (SSSR count). The van der Waals surface area contributed by atoms with E-state index in [1.165, 1.54) is 6.42 Å². The first-order chi connectivity index (χ1) is 7.65. The summed E-state index contributed by atoms with van der Waals surface area (Å²) in [6, 6.07) is 0.624. The van der Waals surface area contributed by atoms with Gasteiger partial charge in [-0.15, -0.1) is 0 Å². The number of hydrogen-bond donors (Lipinski definition) is 2. The molecule has 3 unspecified atom stereocenters. The lowest BCUT2D eigenvalue weighted by Gasteiger charge is -2.33. The van der Waals surface area contributed by atoms with Crippen molar-refractivity contribution in [3.8, 4) is 0 Å². The Kier molecular flexibility index (Phi) is 6.32. The largest absolute Gasteiger partial charge is 0.392 e. The quantitative estimate of drug-likeness (QED) is 0.731. The average Bonchev–Trinajstić information content (AvgIpc) is 2.26. The first kappa shape index (κ1) is 13.9. The summed E-state index contributed by atoms with van der Waals surface area (Å²) in [5, 5.41) is 13.5. The van der Waals surface area contributed by atoms with Crippen molar-refractivity contribution in [2.75, 3.05) is 13.2 Å². The van der Waals surface area contributed by atoms with Crippen LogP contribution in [0.15, 0.2) is 0 Å². The lowest BCUT2D eigenvalue weighted by atomic mass is 9.91. The van der Waals surface area contributed by atoms with E-state index >= 15 is 0 Å². The predicted octanol–water partition coefficient (Wildman–Crippen LogP) is 1.94. The van der Waals surface area contributed by atoms with E-state index in [4.69, 9.17) is 4.74 Å². The van der Waals surface area contributed by atoms with E-state index in [0.29, 0.717) is 12.0 Å². The monoisotopic (exact) mass is 229 g/mol. The molecular formula is C13H27NO2. The van der Waals surface area contributed by atoms with Gasteiger partial charge in [-0.1, -0.05) is 26.7 Å². The van der Waals surface area contributed by atoms with E-state index in [9.17, 15) is 5.11 Å². The second-order valence-corrected chi connectivity index (χ2v) is 5.13. The third kappa shape index (κ3) is 4.40. The van der Waals surface area contributed by atoms with Crippen molar-refractivity contribution >= 4 is 0 Å². The van der Waals surface area contributed by atoms with Gasteiger partial charge in [-0.2, -0.15) is 0 Å². The van der Waals surface area contributed by atoms with Gasteiger partial charge in [0, 0.05) is 18.7 Å². The molecule has 0 spiro atoms. The van der Waals surface area contributed by atoms with Crippen LogP contribution in [0.5, 0.6) is 0 Å². The number of rotatable bonds is 6. The Bertz CT molecular complexity index is 185. The fourth-order valence-electron chi connectivity index (χ4n) is 2.26. The van der Waals surface area contributed by atoms with Crippen LogP contribution in [0.4, 0.5) is 0 Å². The minimum absolute atomic E-state index is 0.170. The zero-order chi connectivity index (χ0) is 12.0.